The van der Waals surface area contributed by atoms with Crippen LogP contribution >= 0.6 is 0 Å². The molecule has 0 saturated heterocycles. The first-order chi connectivity index (χ1) is 9.06. The van der Waals surface area contributed by atoms with Gasteiger partial charge in [0.2, 0.25) is 0 Å². The van der Waals surface area contributed by atoms with E-state index in [2.05, 4.69) is 25.3 Å². The van der Waals surface area contributed by atoms with Crippen LogP contribution in [-0.2, 0) is 10.0 Å². The number of ether oxygens (including phenoxy) is 2. The zero-order chi connectivity index (χ0) is 13.9. The van der Waals surface area contributed by atoms with Crippen molar-refractivity contribution in [1.29, 1.82) is 0 Å². The number of hydrogen-bond acceptors (Lipinski definition) is 7. The zero-order valence-electron chi connectivity index (χ0n) is 10.1. The molecule has 0 unspecified atom stereocenters. The third-order valence-corrected chi connectivity index (χ3v) is 3.58. The molecular weight excluding hydrogens is 274 g/mol. The van der Waals surface area contributed by atoms with Crippen LogP contribution in [0.3, 0.4) is 0 Å². The molecule has 9 nitrogen and oxygen atoms in total. The summed E-state index contributed by atoms with van der Waals surface area (Å²) >= 11 is 0. The van der Waals surface area contributed by atoms with Crippen molar-refractivity contribution in [2.75, 3.05) is 18.9 Å². The van der Waals surface area contributed by atoms with Crippen LogP contribution in [-0.4, -0.2) is 43.3 Å². The van der Waals surface area contributed by atoms with Gasteiger partial charge in [0.05, 0.1) is 14.2 Å². The van der Waals surface area contributed by atoms with Crippen LogP contribution in [0.2, 0.25) is 0 Å². The fourth-order valence-corrected chi connectivity index (χ4v) is 2.50. The lowest BCUT2D eigenvalue weighted by Gasteiger charge is -2.10. The Labute approximate surface area is 109 Å². The van der Waals surface area contributed by atoms with Crippen LogP contribution in [0, 0.1) is 0 Å². The van der Waals surface area contributed by atoms with Gasteiger partial charge in [-0.05, 0) is 17.3 Å². The molecule has 2 rings (SSSR count). The monoisotopic (exact) mass is 285 g/mol. The van der Waals surface area contributed by atoms with Gasteiger partial charge < -0.3 is 9.47 Å². The van der Waals surface area contributed by atoms with Crippen molar-refractivity contribution in [3.8, 4) is 11.5 Å². The lowest BCUT2D eigenvalue weighted by Crippen LogP contribution is -2.15. The van der Waals surface area contributed by atoms with Crippen LogP contribution in [0.4, 0.5) is 5.95 Å². The molecule has 0 aliphatic rings. The molecule has 0 atom stereocenters. The van der Waals surface area contributed by atoms with Crippen molar-refractivity contribution >= 4 is 16.0 Å². The van der Waals surface area contributed by atoms with Crippen molar-refractivity contribution in [2.45, 2.75) is 4.90 Å². The number of benzene rings is 1. The van der Waals surface area contributed by atoms with E-state index in [4.69, 9.17) is 9.47 Å². The van der Waals surface area contributed by atoms with Gasteiger partial charge in [-0.25, -0.2) is 13.1 Å². The minimum Gasteiger partial charge on any atom is -0.497 e. The first kappa shape index (κ1) is 13.1. The van der Waals surface area contributed by atoms with Crippen molar-refractivity contribution < 1.29 is 17.9 Å². The fourth-order valence-electron chi connectivity index (χ4n) is 1.37. The summed E-state index contributed by atoms with van der Waals surface area (Å²) in [5, 5.41) is 12.4. The predicted molar refractivity (Wildman–Crippen MR) is 64.5 cm³/mol. The number of methoxy groups -OCH3 is 2. The second-order valence-corrected chi connectivity index (χ2v) is 5.01. The van der Waals surface area contributed by atoms with Crippen molar-refractivity contribution in [3.05, 3.63) is 18.2 Å². The fraction of sp³-hybridized carbons (Fsp3) is 0.222. The van der Waals surface area contributed by atoms with E-state index in [-0.39, 0.29) is 16.6 Å². The van der Waals surface area contributed by atoms with E-state index in [0.29, 0.717) is 5.75 Å². The Morgan fingerprint density at radius 3 is 2.63 bits per heavy atom. The number of hydrogen-bond donors (Lipinski definition) is 2. The average molecular weight is 285 g/mol. The molecule has 1 heterocycles. The van der Waals surface area contributed by atoms with E-state index in [0.717, 1.165) is 0 Å². The molecule has 1 aromatic heterocycles. The van der Waals surface area contributed by atoms with Gasteiger partial charge in [-0.15, -0.1) is 5.10 Å². The Morgan fingerprint density at radius 1 is 1.26 bits per heavy atom. The van der Waals surface area contributed by atoms with Gasteiger partial charge in [0.15, 0.2) is 0 Å². The van der Waals surface area contributed by atoms with E-state index in [1.807, 2.05) is 0 Å². The van der Waals surface area contributed by atoms with Gasteiger partial charge >= 0.3 is 0 Å². The average Bonchev–Trinajstić information content (AvgIpc) is 2.90. The number of tetrazole rings is 1. The smallest absolute Gasteiger partial charge is 0.276 e. The van der Waals surface area contributed by atoms with E-state index in [1.54, 1.807) is 6.07 Å². The summed E-state index contributed by atoms with van der Waals surface area (Å²) < 4.78 is 36.5. The Kier molecular flexibility index (Phi) is 3.51. The van der Waals surface area contributed by atoms with Crippen LogP contribution in [0.1, 0.15) is 0 Å². The largest absolute Gasteiger partial charge is 0.497 e. The molecule has 0 fully saturated rings. The third-order valence-electron chi connectivity index (χ3n) is 2.23. The number of rotatable bonds is 5. The first-order valence-electron chi connectivity index (χ1n) is 5.05. The summed E-state index contributed by atoms with van der Waals surface area (Å²) in [5.74, 6) is 0.399. The van der Waals surface area contributed by atoms with Crippen molar-refractivity contribution in [1.82, 2.24) is 20.6 Å². The van der Waals surface area contributed by atoms with E-state index in [9.17, 15) is 8.42 Å². The highest BCUT2D eigenvalue weighted by Crippen LogP contribution is 2.28. The van der Waals surface area contributed by atoms with Gasteiger partial charge in [0.1, 0.15) is 16.4 Å². The molecule has 0 saturated carbocycles. The Morgan fingerprint density at radius 2 is 2.05 bits per heavy atom. The van der Waals surface area contributed by atoms with Crippen LogP contribution in [0.15, 0.2) is 23.1 Å². The maximum Gasteiger partial charge on any atom is 0.276 e. The molecule has 0 aliphatic carbocycles. The lowest BCUT2D eigenvalue weighted by molar-refractivity contribution is 0.392. The Bertz CT molecular complexity index is 655. The molecule has 2 N–H and O–H groups in total. The minimum atomic E-state index is -3.90. The summed E-state index contributed by atoms with van der Waals surface area (Å²) in [6.07, 6.45) is 0. The minimum absolute atomic E-state index is 0.0841. The summed E-state index contributed by atoms with van der Waals surface area (Å²) in [4.78, 5) is -0.0841. The second kappa shape index (κ2) is 5.10. The van der Waals surface area contributed by atoms with E-state index < -0.39 is 10.0 Å². The van der Waals surface area contributed by atoms with Gasteiger partial charge in [-0.1, -0.05) is 5.10 Å². The highest BCUT2D eigenvalue weighted by molar-refractivity contribution is 7.92. The molecule has 2 aromatic rings. The molecule has 10 heteroatoms. The van der Waals surface area contributed by atoms with Gasteiger partial charge in [-0.2, -0.15) is 5.21 Å². The van der Waals surface area contributed by atoms with E-state index in [1.165, 1.54) is 26.4 Å². The summed E-state index contributed by atoms with van der Waals surface area (Å²) in [5.41, 5.74) is 0. The number of H-pyrrole nitrogens is 1. The predicted octanol–water partition coefficient (Wildman–Crippen LogP) is 0.0177. The maximum absolute atomic E-state index is 12.2. The topological polar surface area (TPSA) is 119 Å². The van der Waals surface area contributed by atoms with Crippen molar-refractivity contribution in [2.24, 2.45) is 0 Å². The molecule has 102 valence electrons. The molecular formula is C9H11N5O4S. The molecule has 0 aliphatic heterocycles. The number of sulfonamides is 1. The highest BCUT2D eigenvalue weighted by atomic mass is 32.2. The van der Waals surface area contributed by atoms with Gasteiger partial charge in [0, 0.05) is 6.07 Å². The highest BCUT2D eigenvalue weighted by Gasteiger charge is 2.22. The molecule has 0 radical (unpaired) electrons. The summed E-state index contributed by atoms with van der Waals surface area (Å²) in [7, 11) is -1.09. The summed E-state index contributed by atoms with van der Waals surface area (Å²) in [6.45, 7) is 0. The van der Waals surface area contributed by atoms with Gasteiger partial charge in [-0.3, -0.25) is 0 Å². The van der Waals surface area contributed by atoms with Crippen LogP contribution in [0.25, 0.3) is 0 Å². The lowest BCUT2D eigenvalue weighted by atomic mass is 10.3. The normalized spacial score (nSPS) is 11.1. The maximum atomic E-state index is 12.2. The van der Waals surface area contributed by atoms with Crippen molar-refractivity contribution in [3.63, 3.8) is 0 Å². The quantitative estimate of drug-likeness (QED) is 0.794. The Hall–Kier alpha value is -2.36. The molecule has 19 heavy (non-hydrogen) atoms. The SMILES string of the molecule is COc1ccc(OC)c(S(=O)(=O)Nc2nn[nH]n2)c1. The number of aromatic amines is 1. The second-order valence-electron chi connectivity index (χ2n) is 3.36. The number of nitrogens with one attached hydrogen (secondary N) is 2. The van der Waals surface area contributed by atoms with Crippen LogP contribution in [0.5, 0.6) is 11.5 Å². The standard InChI is InChI=1S/C9H11N5O4S/c1-17-6-3-4-7(18-2)8(5-6)19(15,16)12-9-10-13-14-11-9/h3-5H,1-2H3,(H2,10,11,12,13,14). The third kappa shape index (κ3) is 2.73. The van der Waals surface area contributed by atoms with E-state index >= 15 is 0 Å². The number of anilines is 1. The molecule has 0 spiro atoms. The first-order valence-corrected chi connectivity index (χ1v) is 6.53. The molecule has 1 aromatic carbocycles. The Balaban J connectivity index is 2.43. The van der Waals surface area contributed by atoms with Crippen LogP contribution < -0.4 is 14.2 Å². The number of nitrogens with zero attached hydrogens (tertiary/aromatic N) is 3. The number of aromatic nitrogens is 4. The van der Waals surface area contributed by atoms with Gasteiger partial charge in [0.25, 0.3) is 16.0 Å². The molecule has 0 amide bonds. The molecule has 0 bridgehead atoms. The summed E-state index contributed by atoms with van der Waals surface area (Å²) in [6, 6.07) is 4.41. The zero-order valence-corrected chi connectivity index (χ0v) is 10.9.